The highest BCUT2D eigenvalue weighted by molar-refractivity contribution is 6.03. The van der Waals surface area contributed by atoms with E-state index in [1.807, 2.05) is 10.9 Å². The molecule has 1 atom stereocenters. The summed E-state index contributed by atoms with van der Waals surface area (Å²) in [5.74, 6) is -0.329. The van der Waals surface area contributed by atoms with Crippen molar-refractivity contribution in [1.82, 2.24) is 24.5 Å². The zero-order chi connectivity index (χ0) is 18.7. The molecule has 1 fully saturated rings. The number of nitrogens with zero attached hydrogens (tertiary/aromatic N) is 5. The number of likely N-dealkylation sites (tertiary alicyclic amines) is 1. The lowest BCUT2D eigenvalue weighted by Crippen LogP contribution is -2.50. The monoisotopic (exact) mass is 468 g/mol. The molecule has 0 unspecified atom stereocenters. The molecule has 1 saturated heterocycles. The Kier molecular flexibility index (Phi) is 11.2. The van der Waals surface area contributed by atoms with E-state index in [1.165, 1.54) is 6.20 Å². The molecule has 0 radical (unpaired) electrons. The van der Waals surface area contributed by atoms with Crippen LogP contribution < -0.4 is 16.8 Å². The average molecular weight is 470 g/mol. The molecule has 2 amide bonds. The highest BCUT2D eigenvalue weighted by Gasteiger charge is 2.27. The van der Waals surface area contributed by atoms with Gasteiger partial charge >= 0.3 is 0 Å². The molecule has 0 saturated carbocycles. The number of rotatable bonds is 5. The Bertz CT molecular complexity index is 789. The second-order valence-corrected chi connectivity index (χ2v) is 6.46. The van der Waals surface area contributed by atoms with Gasteiger partial charge in [0, 0.05) is 39.1 Å². The third-order valence-corrected chi connectivity index (χ3v) is 4.55. The van der Waals surface area contributed by atoms with Crippen LogP contribution in [0.2, 0.25) is 0 Å². The number of aromatic nitrogens is 4. The predicted octanol–water partition coefficient (Wildman–Crippen LogP) is 0.584. The molecule has 1 aliphatic heterocycles. The predicted molar refractivity (Wildman–Crippen MR) is 117 cm³/mol. The minimum atomic E-state index is -0.634. The smallest absolute Gasteiger partial charge is 0.258 e. The average Bonchev–Trinajstić information content (AvgIpc) is 3.29. The van der Waals surface area contributed by atoms with E-state index < -0.39 is 6.04 Å². The summed E-state index contributed by atoms with van der Waals surface area (Å²) in [6, 6.07) is -0.456. The Morgan fingerprint density at radius 1 is 1.17 bits per heavy atom. The van der Waals surface area contributed by atoms with E-state index >= 15 is 0 Å². The molecule has 2 aromatic rings. The number of anilines is 1. The van der Waals surface area contributed by atoms with Crippen LogP contribution in [0.5, 0.6) is 0 Å². The van der Waals surface area contributed by atoms with Crippen molar-refractivity contribution in [2.75, 3.05) is 25.0 Å². The second-order valence-electron chi connectivity index (χ2n) is 6.46. The minimum absolute atomic E-state index is 0. The van der Waals surface area contributed by atoms with Gasteiger partial charge in [-0.1, -0.05) is 0 Å². The number of nitrogens with one attached hydrogen (secondary N) is 1. The Morgan fingerprint density at radius 2 is 1.83 bits per heavy atom. The summed E-state index contributed by atoms with van der Waals surface area (Å²) in [7, 11) is 1.76. The van der Waals surface area contributed by atoms with E-state index in [1.54, 1.807) is 29.0 Å². The van der Waals surface area contributed by atoms with Crippen molar-refractivity contribution >= 4 is 54.7 Å². The van der Waals surface area contributed by atoms with Crippen LogP contribution in [0, 0.1) is 0 Å². The van der Waals surface area contributed by atoms with Gasteiger partial charge in [0.15, 0.2) is 0 Å². The van der Waals surface area contributed by atoms with Crippen molar-refractivity contribution in [3.05, 3.63) is 30.4 Å². The summed E-state index contributed by atoms with van der Waals surface area (Å²) in [5, 5.41) is 11.1. The van der Waals surface area contributed by atoms with Gasteiger partial charge in [-0.15, -0.1) is 37.2 Å². The first-order chi connectivity index (χ1) is 12.5. The van der Waals surface area contributed by atoms with Gasteiger partial charge in [0.1, 0.15) is 0 Å². The molecule has 0 spiro atoms. The van der Waals surface area contributed by atoms with Gasteiger partial charge in [-0.05, 0) is 12.8 Å². The standard InChI is InChI=1S/C16H24N8O2.3ClH/c1-22-9-11(7-19-22)15(25)21-12-8-20-24(10-12)13-2-4-23(5-3-13)16(26)14(18)6-17;;;/h7-10,13-14H,2-6,17-18H2,1H3,(H,21,25);3*1H/t14-;;;/m0.../s1. The van der Waals surface area contributed by atoms with E-state index in [2.05, 4.69) is 15.5 Å². The van der Waals surface area contributed by atoms with Crippen LogP contribution in [0.1, 0.15) is 29.2 Å². The summed E-state index contributed by atoms with van der Waals surface area (Å²) >= 11 is 0. The fourth-order valence-corrected chi connectivity index (χ4v) is 3.03. The number of hydrogen-bond donors (Lipinski definition) is 3. The molecular formula is C16H27Cl3N8O2. The number of carbonyl (C=O) groups excluding carboxylic acids is 2. The summed E-state index contributed by atoms with van der Waals surface area (Å²) < 4.78 is 3.41. The van der Waals surface area contributed by atoms with Crippen molar-refractivity contribution in [3.63, 3.8) is 0 Å². The van der Waals surface area contributed by atoms with Gasteiger partial charge in [0.25, 0.3) is 5.91 Å². The first-order valence-electron chi connectivity index (χ1n) is 8.56. The van der Waals surface area contributed by atoms with Crippen LogP contribution in [0.15, 0.2) is 24.8 Å². The quantitative estimate of drug-likeness (QED) is 0.586. The summed E-state index contributed by atoms with van der Waals surface area (Å²) in [6.45, 7) is 1.39. The fourth-order valence-electron chi connectivity index (χ4n) is 3.03. The Balaban J connectivity index is 0.00000261. The fraction of sp³-hybridized carbons (Fsp3) is 0.500. The number of amides is 2. The van der Waals surface area contributed by atoms with Gasteiger partial charge in [-0.3, -0.25) is 19.0 Å². The van der Waals surface area contributed by atoms with Gasteiger partial charge in [0.05, 0.1) is 35.7 Å². The van der Waals surface area contributed by atoms with Crippen LogP contribution in [-0.4, -0.2) is 62.0 Å². The number of carbonyl (C=O) groups is 2. The molecule has 2 aromatic heterocycles. The van der Waals surface area contributed by atoms with Gasteiger partial charge in [-0.25, -0.2) is 0 Å². The molecule has 164 valence electrons. The maximum atomic E-state index is 12.2. The van der Waals surface area contributed by atoms with Crippen LogP contribution in [0.25, 0.3) is 0 Å². The zero-order valence-corrected chi connectivity index (χ0v) is 18.4. The topological polar surface area (TPSA) is 137 Å². The van der Waals surface area contributed by atoms with E-state index in [0.29, 0.717) is 24.3 Å². The molecule has 3 heterocycles. The summed E-state index contributed by atoms with van der Waals surface area (Å²) in [6.07, 6.45) is 8.15. The van der Waals surface area contributed by atoms with Gasteiger partial charge < -0.3 is 21.7 Å². The van der Waals surface area contributed by atoms with Crippen LogP contribution >= 0.6 is 37.2 Å². The molecule has 0 bridgehead atoms. The summed E-state index contributed by atoms with van der Waals surface area (Å²) in [5.41, 5.74) is 12.3. The van der Waals surface area contributed by atoms with E-state index in [-0.39, 0.29) is 61.6 Å². The Morgan fingerprint density at radius 3 is 2.38 bits per heavy atom. The minimum Gasteiger partial charge on any atom is -0.341 e. The number of hydrogen-bond acceptors (Lipinski definition) is 6. The van der Waals surface area contributed by atoms with Crippen LogP contribution in [-0.2, 0) is 11.8 Å². The number of aryl methyl sites for hydroxylation is 1. The number of piperidine rings is 1. The summed E-state index contributed by atoms with van der Waals surface area (Å²) in [4.78, 5) is 26.0. The number of nitrogens with two attached hydrogens (primary N) is 2. The lowest BCUT2D eigenvalue weighted by Gasteiger charge is -2.33. The lowest BCUT2D eigenvalue weighted by atomic mass is 10.0. The van der Waals surface area contributed by atoms with Crippen molar-refractivity contribution in [3.8, 4) is 0 Å². The van der Waals surface area contributed by atoms with Crippen molar-refractivity contribution < 1.29 is 9.59 Å². The van der Waals surface area contributed by atoms with E-state index in [0.717, 1.165) is 12.8 Å². The van der Waals surface area contributed by atoms with Gasteiger partial charge in [0.2, 0.25) is 5.91 Å². The molecule has 29 heavy (non-hydrogen) atoms. The third kappa shape index (κ3) is 6.58. The first-order valence-corrected chi connectivity index (χ1v) is 8.56. The maximum Gasteiger partial charge on any atom is 0.258 e. The molecule has 5 N–H and O–H groups in total. The molecule has 1 aliphatic rings. The Labute approximate surface area is 187 Å². The van der Waals surface area contributed by atoms with E-state index in [4.69, 9.17) is 11.5 Å². The molecule has 0 aromatic carbocycles. The zero-order valence-electron chi connectivity index (χ0n) is 15.9. The molecule has 10 nitrogen and oxygen atoms in total. The molecule has 3 rings (SSSR count). The highest BCUT2D eigenvalue weighted by atomic mass is 35.5. The van der Waals surface area contributed by atoms with Crippen molar-refractivity contribution in [2.24, 2.45) is 18.5 Å². The van der Waals surface area contributed by atoms with E-state index in [9.17, 15) is 9.59 Å². The molecular weight excluding hydrogens is 443 g/mol. The molecule has 13 heteroatoms. The van der Waals surface area contributed by atoms with Crippen LogP contribution in [0.3, 0.4) is 0 Å². The second kappa shape index (κ2) is 12.0. The SMILES string of the molecule is Cl.Cl.Cl.Cn1cc(C(=O)Nc2cnn(C3CCN(C(=O)[C@@H](N)CN)CC3)c2)cn1. The van der Waals surface area contributed by atoms with Crippen molar-refractivity contribution in [1.29, 1.82) is 0 Å². The van der Waals surface area contributed by atoms with Gasteiger partial charge in [-0.2, -0.15) is 10.2 Å². The lowest BCUT2D eigenvalue weighted by molar-refractivity contribution is -0.133. The Hall–Kier alpha value is -1.85. The normalized spacial score (nSPS) is 14.8. The largest absolute Gasteiger partial charge is 0.341 e. The molecule has 0 aliphatic carbocycles. The first kappa shape index (κ1) is 27.1. The van der Waals surface area contributed by atoms with Crippen LogP contribution in [0.4, 0.5) is 5.69 Å². The highest BCUT2D eigenvalue weighted by Crippen LogP contribution is 2.23. The maximum absolute atomic E-state index is 12.2. The third-order valence-electron chi connectivity index (χ3n) is 4.55. The van der Waals surface area contributed by atoms with Crippen molar-refractivity contribution in [2.45, 2.75) is 24.9 Å². The number of halogens is 3.